The molecule has 4 aromatic rings. The van der Waals surface area contributed by atoms with Crippen molar-refractivity contribution in [1.29, 1.82) is 0 Å². The summed E-state index contributed by atoms with van der Waals surface area (Å²) in [5.74, 6) is 0.0980. The Balaban J connectivity index is 1.40. The molecular weight excluding hydrogens is 439 g/mol. The van der Waals surface area contributed by atoms with Crippen LogP contribution >= 0.6 is 0 Å². The van der Waals surface area contributed by atoms with Gasteiger partial charge in [0.05, 0.1) is 29.5 Å². The van der Waals surface area contributed by atoms with Crippen molar-refractivity contribution in [1.82, 2.24) is 15.1 Å². The lowest BCUT2D eigenvalue weighted by Crippen LogP contribution is -2.42. The molecule has 5 nitrogen and oxygen atoms in total. The molecule has 2 heterocycles. The molecule has 0 spiro atoms. The van der Waals surface area contributed by atoms with E-state index in [9.17, 15) is 9.18 Å². The molecule has 2 aliphatic rings. The van der Waals surface area contributed by atoms with Gasteiger partial charge >= 0.3 is 0 Å². The average Bonchev–Trinajstić information content (AvgIpc) is 3.57. The lowest BCUT2D eigenvalue weighted by atomic mass is 9.97. The first-order chi connectivity index (χ1) is 16.9. The summed E-state index contributed by atoms with van der Waals surface area (Å²) >= 11 is 0. The standard InChI is InChI=1S/C29H29FN4O/c1-29(2)17-25(32-28(35)20-8-9-20)27(19-6-4-3-5-7-19)33(29)24-14-15-26-21(16-24)18-31-34(26)23-12-10-22(30)11-13-23/h3-7,10-16,18,20,25,27H,8-9,17H2,1-2H3,(H,32,35)/t25?,27-/m1/s1. The predicted molar refractivity (Wildman–Crippen MR) is 136 cm³/mol. The van der Waals surface area contributed by atoms with Crippen LogP contribution in [0.2, 0.25) is 0 Å². The quantitative estimate of drug-likeness (QED) is 0.403. The summed E-state index contributed by atoms with van der Waals surface area (Å²) in [6, 6.07) is 23.3. The summed E-state index contributed by atoms with van der Waals surface area (Å²) in [6.45, 7) is 4.50. The second kappa shape index (κ2) is 8.22. The third-order valence-electron chi connectivity index (χ3n) is 7.35. The average molecular weight is 469 g/mol. The van der Waals surface area contributed by atoms with Crippen LogP contribution in [0.15, 0.2) is 79.0 Å². The number of aromatic nitrogens is 2. The van der Waals surface area contributed by atoms with Crippen molar-refractivity contribution < 1.29 is 9.18 Å². The topological polar surface area (TPSA) is 50.2 Å². The first-order valence-electron chi connectivity index (χ1n) is 12.3. The van der Waals surface area contributed by atoms with Crippen LogP contribution in [-0.4, -0.2) is 27.3 Å². The molecule has 3 aromatic carbocycles. The van der Waals surface area contributed by atoms with Crippen molar-refractivity contribution in [3.8, 4) is 5.69 Å². The molecule has 1 amide bonds. The monoisotopic (exact) mass is 468 g/mol. The number of rotatable bonds is 5. The first kappa shape index (κ1) is 21.8. The van der Waals surface area contributed by atoms with E-state index in [1.807, 2.05) is 16.9 Å². The van der Waals surface area contributed by atoms with Crippen LogP contribution in [0.3, 0.4) is 0 Å². The molecule has 0 radical (unpaired) electrons. The zero-order valence-corrected chi connectivity index (χ0v) is 20.0. The van der Waals surface area contributed by atoms with Gasteiger partial charge in [0, 0.05) is 22.5 Å². The third-order valence-corrected chi connectivity index (χ3v) is 7.35. The van der Waals surface area contributed by atoms with Crippen LogP contribution in [-0.2, 0) is 4.79 Å². The summed E-state index contributed by atoms with van der Waals surface area (Å²) in [7, 11) is 0. The van der Waals surface area contributed by atoms with E-state index in [-0.39, 0.29) is 35.3 Å². The number of halogens is 1. The smallest absolute Gasteiger partial charge is 0.223 e. The van der Waals surface area contributed by atoms with Gasteiger partial charge in [0.1, 0.15) is 5.82 Å². The van der Waals surface area contributed by atoms with Crippen LogP contribution in [0.25, 0.3) is 16.6 Å². The third kappa shape index (κ3) is 3.97. The predicted octanol–water partition coefficient (Wildman–Crippen LogP) is 5.79. The fraction of sp³-hybridized carbons (Fsp3) is 0.310. The van der Waals surface area contributed by atoms with E-state index < -0.39 is 0 Å². The summed E-state index contributed by atoms with van der Waals surface area (Å²) in [4.78, 5) is 15.2. The highest BCUT2D eigenvalue weighted by atomic mass is 19.1. The van der Waals surface area contributed by atoms with Gasteiger partial charge in [0.2, 0.25) is 5.91 Å². The van der Waals surface area contributed by atoms with E-state index >= 15 is 0 Å². The number of hydrogen-bond donors (Lipinski definition) is 1. The SMILES string of the molecule is CC1(C)CC(NC(=O)C2CC2)[C@@H](c2ccccc2)N1c1ccc2c(cnn2-c2ccc(F)cc2)c1. The first-order valence-corrected chi connectivity index (χ1v) is 12.3. The van der Waals surface area contributed by atoms with Crippen molar-refractivity contribution in [3.05, 3.63) is 90.4 Å². The fourth-order valence-electron chi connectivity index (χ4n) is 5.58. The van der Waals surface area contributed by atoms with E-state index in [2.05, 4.69) is 71.6 Å². The number of carbonyl (C=O) groups is 1. The van der Waals surface area contributed by atoms with Crippen LogP contribution in [0.5, 0.6) is 0 Å². The van der Waals surface area contributed by atoms with Gasteiger partial charge in [-0.15, -0.1) is 0 Å². The number of carbonyl (C=O) groups excluding carboxylic acids is 1. The number of hydrogen-bond acceptors (Lipinski definition) is 3. The van der Waals surface area contributed by atoms with Gasteiger partial charge in [0.15, 0.2) is 0 Å². The fourth-order valence-corrected chi connectivity index (χ4v) is 5.58. The molecule has 1 unspecified atom stereocenters. The normalized spacial score (nSPS) is 21.4. The summed E-state index contributed by atoms with van der Waals surface area (Å²) in [5, 5.41) is 8.97. The van der Waals surface area contributed by atoms with Gasteiger partial charge in [-0.1, -0.05) is 30.3 Å². The lowest BCUT2D eigenvalue weighted by Gasteiger charge is -2.38. The maximum absolute atomic E-state index is 13.4. The highest BCUT2D eigenvalue weighted by molar-refractivity contribution is 5.85. The molecule has 1 saturated carbocycles. The van der Waals surface area contributed by atoms with Gasteiger partial charge in [-0.2, -0.15) is 5.10 Å². The zero-order chi connectivity index (χ0) is 24.2. The van der Waals surface area contributed by atoms with Crippen molar-refractivity contribution in [3.63, 3.8) is 0 Å². The van der Waals surface area contributed by atoms with Crippen molar-refractivity contribution in [2.75, 3.05) is 4.90 Å². The van der Waals surface area contributed by atoms with Crippen LogP contribution < -0.4 is 10.2 Å². The number of nitrogens with zero attached hydrogens (tertiary/aromatic N) is 3. The Morgan fingerprint density at radius 1 is 1.00 bits per heavy atom. The number of fused-ring (bicyclic) bond motifs is 1. The molecule has 1 aliphatic carbocycles. The minimum Gasteiger partial charge on any atom is -0.357 e. The maximum Gasteiger partial charge on any atom is 0.223 e. The van der Waals surface area contributed by atoms with E-state index in [1.165, 1.54) is 17.7 Å². The second-order valence-electron chi connectivity index (χ2n) is 10.4. The molecule has 178 valence electrons. The molecular formula is C29H29FN4O. The van der Waals surface area contributed by atoms with Gasteiger partial charge in [-0.3, -0.25) is 4.79 Å². The van der Waals surface area contributed by atoms with E-state index in [0.29, 0.717) is 0 Å². The molecule has 6 rings (SSSR count). The number of benzene rings is 3. The minimum absolute atomic E-state index is 0.0261. The van der Waals surface area contributed by atoms with Crippen LogP contribution in [0, 0.1) is 11.7 Å². The Kier molecular flexibility index (Phi) is 5.13. The van der Waals surface area contributed by atoms with Crippen molar-refractivity contribution in [2.45, 2.75) is 50.7 Å². The van der Waals surface area contributed by atoms with E-state index in [1.54, 1.807) is 12.1 Å². The second-order valence-corrected chi connectivity index (χ2v) is 10.4. The largest absolute Gasteiger partial charge is 0.357 e. The van der Waals surface area contributed by atoms with Gasteiger partial charge in [-0.25, -0.2) is 9.07 Å². The molecule has 0 bridgehead atoms. The summed E-state index contributed by atoms with van der Waals surface area (Å²) < 4.78 is 15.2. The lowest BCUT2D eigenvalue weighted by molar-refractivity contribution is -0.123. The summed E-state index contributed by atoms with van der Waals surface area (Å²) in [6.07, 6.45) is 4.71. The van der Waals surface area contributed by atoms with Gasteiger partial charge in [0.25, 0.3) is 0 Å². The summed E-state index contributed by atoms with van der Waals surface area (Å²) in [5.41, 5.74) is 3.91. The van der Waals surface area contributed by atoms with Crippen molar-refractivity contribution >= 4 is 22.5 Å². The Morgan fingerprint density at radius 2 is 1.71 bits per heavy atom. The van der Waals surface area contributed by atoms with Crippen LogP contribution in [0.1, 0.15) is 44.7 Å². The maximum atomic E-state index is 13.4. The molecule has 1 saturated heterocycles. The minimum atomic E-state index is -0.265. The van der Waals surface area contributed by atoms with Gasteiger partial charge in [-0.05, 0) is 81.1 Å². The van der Waals surface area contributed by atoms with Gasteiger partial charge < -0.3 is 10.2 Å². The van der Waals surface area contributed by atoms with E-state index in [0.717, 1.165) is 41.5 Å². The molecule has 1 N–H and O–H groups in total. The van der Waals surface area contributed by atoms with Crippen molar-refractivity contribution in [2.24, 2.45) is 5.92 Å². The highest BCUT2D eigenvalue weighted by Gasteiger charge is 2.48. The molecule has 35 heavy (non-hydrogen) atoms. The Hall–Kier alpha value is -3.67. The molecule has 6 heteroatoms. The number of nitrogens with one attached hydrogen (secondary N) is 1. The molecule has 1 aliphatic heterocycles. The van der Waals surface area contributed by atoms with Crippen LogP contribution in [0.4, 0.5) is 10.1 Å². The number of amides is 1. The Bertz CT molecular complexity index is 1380. The number of anilines is 1. The molecule has 2 atom stereocenters. The Labute approximate surface area is 204 Å². The molecule has 2 fully saturated rings. The highest BCUT2D eigenvalue weighted by Crippen LogP contribution is 2.46. The Morgan fingerprint density at radius 3 is 2.43 bits per heavy atom. The van der Waals surface area contributed by atoms with E-state index in [4.69, 9.17) is 0 Å². The zero-order valence-electron chi connectivity index (χ0n) is 20.0. The molecule has 1 aromatic heterocycles.